The van der Waals surface area contributed by atoms with Gasteiger partial charge in [0.15, 0.2) is 6.10 Å². The van der Waals surface area contributed by atoms with Crippen molar-refractivity contribution in [2.75, 3.05) is 0 Å². The number of hydrogen-bond donors (Lipinski definition) is 2. The maximum atomic E-state index is 11.1. The Balaban J connectivity index is 2.71. The number of aliphatic carboxylic acids is 1. The summed E-state index contributed by atoms with van der Waals surface area (Å²) in [4.78, 5) is 32.3. The van der Waals surface area contributed by atoms with Crippen LogP contribution in [0.2, 0.25) is 0 Å². The fraction of sp³-hybridized carbons (Fsp3) is 0.625. The van der Waals surface area contributed by atoms with Crippen LogP contribution in [0, 0.1) is 5.92 Å². The maximum absolute atomic E-state index is 11.1. The van der Waals surface area contributed by atoms with Crippen LogP contribution in [0.4, 0.5) is 0 Å². The SMILES string of the molecule is O=C1CCC(=O)[C@H]([C@H](O)C(=O)O)C1. The first-order valence-corrected chi connectivity index (χ1v) is 3.97. The Kier molecular flexibility index (Phi) is 2.77. The van der Waals surface area contributed by atoms with E-state index >= 15 is 0 Å². The van der Waals surface area contributed by atoms with Gasteiger partial charge in [-0.1, -0.05) is 0 Å². The topological polar surface area (TPSA) is 91.7 Å². The molecule has 5 heteroatoms. The Labute approximate surface area is 74.4 Å². The van der Waals surface area contributed by atoms with E-state index in [-0.39, 0.29) is 30.8 Å². The highest BCUT2D eigenvalue weighted by molar-refractivity contribution is 5.97. The van der Waals surface area contributed by atoms with E-state index in [4.69, 9.17) is 10.2 Å². The predicted molar refractivity (Wildman–Crippen MR) is 41.0 cm³/mol. The van der Waals surface area contributed by atoms with Gasteiger partial charge in [0, 0.05) is 19.3 Å². The van der Waals surface area contributed by atoms with Crippen LogP contribution in [0.15, 0.2) is 0 Å². The summed E-state index contributed by atoms with van der Waals surface area (Å²) in [7, 11) is 0. The molecule has 0 saturated heterocycles. The fourth-order valence-electron chi connectivity index (χ4n) is 1.37. The molecule has 0 aliphatic heterocycles. The molecular formula is C8H10O5. The number of ketones is 2. The highest BCUT2D eigenvalue weighted by Crippen LogP contribution is 2.21. The molecule has 0 spiro atoms. The first kappa shape index (κ1) is 9.85. The zero-order valence-electron chi connectivity index (χ0n) is 6.90. The van der Waals surface area contributed by atoms with Crippen LogP contribution in [0.1, 0.15) is 19.3 Å². The molecule has 1 aliphatic carbocycles. The Morgan fingerprint density at radius 2 is 2.00 bits per heavy atom. The van der Waals surface area contributed by atoms with Gasteiger partial charge in [-0.3, -0.25) is 9.59 Å². The van der Waals surface area contributed by atoms with Crippen molar-refractivity contribution in [2.45, 2.75) is 25.4 Å². The van der Waals surface area contributed by atoms with Crippen LogP contribution in [-0.4, -0.2) is 33.9 Å². The van der Waals surface area contributed by atoms with E-state index in [9.17, 15) is 14.4 Å². The van der Waals surface area contributed by atoms with Gasteiger partial charge in [-0.15, -0.1) is 0 Å². The number of carbonyl (C=O) groups is 3. The summed E-state index contributed by atoms with van der Waals surface area (Å²) in [5.41, 5.74) is 0. The molecule has 0 radical (unpaired) electrons. The predicted octanol–water partition coefficient (Wildman–Crippen LogP) is -0.630. The molecule has 0 aromatic rings. The molecule has 5 nitrogen and oxygen atoms in total. The number of carbonyl (C=O) groups excluding carboxylic acids is 2. The number of Topliss-reactive ketones (excluding diaryl/α,β-unsaturated/α-hetero) is 2. The smallest absolute Gasteiger partial charge is 0.333 e. The van der Waals surface area contributed by atoms with Crippen molar-refractivity contribution in [3.8, 4) is 0 Å². The summed E-state index contributed by atoms with van der Waals surface area (Å²) in [6, 6.07) is 0. The number of carboxylic acids is 1. The van der Waals surface area contributed by atoms with Crippen LogP contribution in [0.3, 0.4) is 0 Å². The monoisotopic (exact) mass is 186 g/mol. The Bertz CT molecular complexity index is 255. The normalized spacial score (nSPS) is 25.8. The summed E-state index contributed by atoms with van der Waals surface area (Å²) in [5.74, 6) is -2.99. The van der Waals surface area contributed by atoms with Gasteiger partial charge < -0.3 is 10.2 Å². The third-order valence-electron chi connectivity index (χ3n) is 2.15. The molecule has 1 fully saturated rings. The molecule has 1 aliphatic rings. The van der Waals surface area contributed by atoms with Crippen molar-refractivity contribution >= 4 is 17.5 Å². The van der Waals surface area contributed by atoms with Gasteiger partial charge in [-0.25, -0.2) is 4.79 Å². The second kappa shape index (κ2) is 3.66. The lowest BCUT2D eigenvalue weighted by Crippen LogP contribution is -2.38. The lowest BCUT2D eigenvalue weighted by atomic mass is 9.83. The molecule has 1 rings (SSSR count). The first-order chi connectivity index (χ1) is 6.02. The quantitative estimate of drug-likeness (QED) is 0.599. The van der Waals surface area contributed by atoms with E-state index in [1.807, 2.05) is 0 Å². The first-order valence-electron chi connectivity index (χ1n) is 3.97. The molecule has 0 unspecified atom stereocenters. The minimum atomic E-state index is -1.74. The third-order valence-corrected chi connectivity index (χ3v) is 2.15. The highest BCUT2D eigenvalue weighted by Gasteiger charge is 2.36. The second-order valence-electron chi connectivity index (χ2n) is 3.10. The van der Waals surface area contributed by atoms with Crippen LogP contribution >= 0.6 is 0 Å². The van der Waals surface area contributed by atoms with E-state index < -0.39 is 18.0 Å². The van der Waals surface area contributed by atoms with Crippen LogP contribution < -0.4 is 0 Å². The van der Waals surface area contributed by atoms with Crippen molar-refractivity contribution in [1.82, 2.24) is 0 Å². The molecule has 0 aromatic carbocycles. The average molecular weight is 186 g/mol. The van der Waals surface area contributed by atoms with Gasteiger partial charge >= 0.3 is 5.97 Å². The number of aliphatic hydroxyl groups excluding tert-OH is 1. The number of rotatable bonds is 2. The summed E-state index contributed by atoms with van der Waals surface area (Å²) in [6.45, 7) is 0. The number of aliphatic hydroxyl groups is 1. The zero-order valence-corrected chi connectivity index (χ0v) is 6.90. The van der Waals surface area contributed by atoms with Gasteiger partial charge in [0.25, 0.3) is 0 Å². The van der Waals surface area contributed by atoms with Gasteiger partial charge in [-0.2, -0.15) is 0 Å². The number of carboxylic acid groups (broad SMARTS) is 1. The largest absolute Gasteiger partial charge is 0.479 e. The molecular weight excluding hydrogens is 176 g/mol. The summed E-state index contributed by atoms with van der Waals surface area (Å²) in [6.07, 6.45) is -1.67. The molecule has 0 heterocycles. The molecule has 1 saturated carbocycles. The lowest BCUT2D eigenvalue weighted by molar-refractivity contribution is -0.155. The zero-order chi connectivity index (χ0) is 10.0. The van der Waals surface area contributed by atoms with E-state index in [0.29, 0.717) is 0 Å². The van der Waals surface area contributed by atoms with Crippen molar-refractivity contribution in [3.63, 3.8) is 0 Å². The van der Waals surface area contributed by atoms with Crippen molar-refractivity contribution in [2.24, 2.45) is 5.92 Å². The minimum absolute atomic E-state index is 0.0494. The molecule has 2 atom stereocenters. The van der Waals surface area contributed by atoms with Crippen molar-refractivity contribution < 1.29 is 24.6 Å². The molecule has 72 valence electrons. The van der Waals surface area contributed by atoms with Crippen molar-refractivity contribution in [3.05, 3.63) is 0 Å². The van der Waals surface area contributed by atoms with Crippen LogP contribution in [0.25, 0.3) is 0 Å². The molecule has 2 N–H and O–H groups in total. The Morgan fingerprint density at radius 1 is 1.38 bits per heavy atom. The average Bonchev–Trinajstić information content (AvgIpc) is 2.08. The Morgan fingerprint density at radius 3 is 2.54 bits per heavy atom. The van der Waals surface area contributed by atoms with E-state index in [2.05, 4.69) is 0 Å². The second-order valence-corrected chi connectivity index (χ2v) is 3.10. The van der Waals surface area contributed by atoms with Gasteiger partial charge in [0.2, 0.25) is 0 Å². The molecule has 0 aromatic heterocycles. The van der Waals surface area contributed by atoms with E-state index in [1.54, 1.807) is 0 Å². The number of hydrogen-bond acceptors (Lipinski definition) is 4. The summed E-state index contributed by atoms with van der Waals surface area (Å²) in [5, 5.41) is 17.5. The minimum Gasteiger partial charge on any atom is -0.479 e. The van der Waals surface area contributed by atoms with Crippen LogP contribution in [-0.2, 0) is 14.4 Å². The van der Waals surface area contributed by atoms with Gasteiger partial charge in [0.1, 0.15) is 11.6 Å². The Hall–Kier alpha value is -1.23. The van der Waals surface area contributed by atoms with Gasteiger partial charge in [-0.05, 0) is 0 Å². The van der Waals surface area contributed by atoms with Gasteiger partial charge in [0.05, 0.1) is 5.92 Å². The summed E-state index contributed by atoms with van der Waals surface area (Å²) >= 11 is 0. The standard InChI is InChI=1S/C8H10O5/c9-4-1-2-6(10)5(3-4)7(11)8(12)13/h5,7,11H,1-3H2,(H,12,13)/t5-,7+/m1/s1. The molecule has 0 bridgehead atoms. The van der Waals surface area contributed by atoms with E-state index in [1.165, 1.54) is 0 Å². The highest BCUT2D eigenvalue weighted by atomic mass is 16.4. The molecule has 0 amide bonds. The van der Waals surface area contributed by atoms with Crippen LogP contribution in [0.5, 0.6) is 0 Å². The lowest BCUT2D eigenvalue weighted by Gasteiger charge is -2.21. The summed E-state index contributed by atoms with van der Waals surface area (Å²) < 4.78 is 0. The fourth-order valence-corrected chi connectivity index (χ4v) is 1.37. The molecule has 13 heavy (non-hydrogen) atoms. The van der Waals surface area contributed by atoms with E-state index in [0.717, 1.165) is 0 Å². The maximum Gasteiger partial charge on any atom is 0.333 e. The van der Waals surface area contributed by atoms with Crippen molar-refractivity contribution in [1.29, 1.82) is 0 Å². The third kappa shape index (κ3) is 2.12.